The fourth-order valence-corrected chi connectivity index (χ4v) is 5.95. The summed E-state index contributed by atoms with van der Waals surface area (Å²) in [7, 11) is 2.18. The lowest BCUT2D eigenvalue weighted by Crippen LogP contribution is -2.67. The third-order valence-corrected chi connectivity index (χ3v) is 8.47. The Morgan fingerprint density at radius 1 is 1.11 bits per heavy atom. The van der Waals surface area contributed by atoms with Crippen molar-refractivity contribution in [1.29, 1.82) is 0 Å². The highest BCUT2D eigenvalue weighted by Gasteiger charge is 2.49. The molecule has 0 radical (unpaired) electrons. The number of aliphatic hydroxyl groups is 1. The van der Waals surface area contributed by atoms with Gasteiger partial charge < -0.3 is 14.9 Å². The molecule has 2 aromatic rings. The number of carbonyl (C=O) groups is 1. The van der Waals surface area contributed by atoms with E-state index in [1.54, 1.807) is 12.4 Å². The summed E-state index contributed by atoms with van der Waals surface area (Å²) in [6, 6.07) is 11.7. The van der Waals surface area contributed by atoms with Gasteiger partial charge in [-0.25, -0.2) is 4.98 Å². The molecule has 3 saturated heterocycles. The van der Waals surface area contributed by atoms with Crippen LogP contribution in [0.4, 0.5) is 5.82 Å². The van der Waals surface area contributed by atoms with Crippen molar-refractivity contribution in [3.63, 3.8) is 0 Å². The molecule has 35 heavy (non-hydrogen) atoms. The largest absolute Gasteiger partial charge is 0.388 e. The molecule has 1 amide bonds. The van der Waals surface area contributed by atoms with Crippen LogP contribution in [0.25, 0.3) is 0 Å². The van der Waals surface area contributed by atoms with Crippen molar-refractivity contribution >= 4 is 11.7 Å². The molecule has 1 atom stereocenters. The van der Waals surface area contributed by atoms with Crippen molar-refractivity contribution in [1.82, 2.24) is 19.4 Å². The van der Waals surface area contributed by atoms with E-state index in [1.807, 2.05) is 23.1 Å². The van der Waals surface area contributed by atoms with E-state index in [9.17, 15) is 14.7 Å². The minimum absolute atomic E-state index is 0.117. The van der Waals surface area contributed by atoms with Gasteiger partial charge in [-0.1, -0.05) is 37.3 Å². The summed E-state index contributed by atoms with van der Waals surface area (Å²) < 4.78 is 1.51. The number of hydrogen-bond acceptors (Lipinski definition) is 6. The molecule has 0 aliphatic carbocycles. The second kappa shape index (κ2) is 9.39. The van der Waals surface area contributed by atoms with Crippen LogP contribution in [0.5, 0.6) is 0 Å². The zero-order valence-electron chi connectivity index (χ0n) is 20.9. The number of amides is 1. The Hall–Kier alpha value is -2.71. The highest BCUT2D eigenvalue weighted by Crippen LogP contribution is 2.38. The van der Waals surface area contributed by atoms with Gasteiger partial charge in [0.1, 0.15) is 5.82 Å². The van der Waals surface area contributed by atoms with Crippen molar-refractivity contribution < 1.29 is 9.90 Å². The van der Waals surface area contributed by atoms with E-state index in [2.05, 4.69) is 40.9 Å². The number of anilines is 1. The Kier molecular flexibility index (Phi) is 6.44. The highest BCUT2D eigenvalue weighted by molar-refractivity contribution is 5.77. The first kappa shape index (κ1) is 24.0. The Bertz CT molecular complexity index is 1100. The van der Waals surface area contributed by atoms with E-state index >= 15 is 0 Å². The van der Waals surface area contributed by atoms with Crippen LogP contribution in [0.3, 0.4) is 0 Å². The normalized spacial score (nSPS) is 22.3. The predicted octanol–water partition coefficient (Wildman–Crippen LogP) is 2.07. The van der Waals surface area contributed by atoms with Crippen molar-refractivity contribution in [2.75, 3.05) is 44.7 Å². The molecule has 3 fully saturated rings. The van der Waals surface area contributed by atoms with Gasteiger partial charge in [0, 0.05) is 38.7 Å². The SMILES string of the molecule is C[C@H](CC(=O)N1CCC(O)(Cn2cnc(N3CC4(CCCN4C)C3)cc2=O)CC1)c1ccccc1. The van der Waals surface area contributed by atoms with Gasteiger partial charge in [0.2, 0.25) is 5.91 Å². The highest BCUT2D eigenvalue weighted by atomic mass is 16.3. The average Bonchev–Trinajstić information content (AvgIpc) is 3.22. The van der Waals surface area contributed by atoms with Crippen LogP contribution in [0.1, 0.15) is 50.5 Å². The monoisotopic (exact) mass is 479 g/mol. The minimum Gasteiger partial charge on any atom is -0.388 e. The molecule has 3 aliphatic rings. The fourth-order valence-electron chi connectivity index (χ4n) is 5.95. The van der Waals surface area contributed by atoms with Crippen LogP contribution in [0, 0.1) is 0 Å². The lowest BCUT2D eigenvalue weighted by Gasteiger charge is -2.52. The Morgan fingerprint density at radius 3 is 2.46 bits per heavy atom. The topological polar surface area (TPSA) is 81.9 Å². The molecule has 8 heteroatoms. The second-order valence-electron chi connectivity index (χ2n) is 10.9. The molecule has 1 aromatic heterocycles. The number of likely N-dealkylation sites (tertiary alicyclic amines) is 2. The molecule has 3 aliphatic heterocycles. The first-order valence-corrected chi connectivity index (χ1v) is 12.8. The standard InChI is InChI=1S/C27H37N5O3/c1-21(22-7-4-3-5-8-22)15-24(33)30-13-10-27(35,11-14-30)19-32-20-28-23(16-25(32)34)31-17-26(18-31)9-6-12-29(26)2/h3-5,7-8,16,20-21,35H,6,9-15,17-19H2,1-2H3/t21-/m1/s1. The van der Waals surface area contributed by atoms with E-state index < -0.39 is 5.60 Å². The Morgan fingerprint density at radius 2 is 1.83 bits per heavy atom. The van der Waals surface area contributed by atoms with Crippen LogP contribution in [0.15, 0.2) is 47.5 Å². The third kappa shape index (κ3) is 4.86. The lowest BCUT2D eigenvalue weighted by atomic mass is 9.87. The smallest absolute Gasteiger partial charge is 0.255 e. The summed E-state index contributed by atoms with van der Waals surface area (Å²) >= 11 is 0. The van der Waals surface area contributed by atoms with Crippen molar-refractivity contribution in [3.8, 4) is 0 Å². The number of benzene rings is 1. The maximum Gasteiger partial charge on any atom is 0.255 e. The zero-order chi connectivity index (χ0) is 24.6. The summed E-state index contributed by atoms with van der Waals surface area (Å²) in [5.41, 5.74) is 0.255. The van der Waals surface area contributed by atoms with Gasteiger partial charge >= 0.3 is 0 Å². The van der Waals surface area contributed by atoms with E-state index in [0.717, 1.165) is 31.0 Å². The van der Waals surface area contributed by atoms with Crippen LogP contribution >= 0.6 is 0 Å². The molecule has 1 spiro atoms. The quantitative estimate of drug-likeness (QED) is 0.683. The molecule has 1 N–H and O–H groups in total. The summed E-state index contributed by atoms with van der Waals surface area (Å²) in [6.45, 7) is 6.24. The first-order valence-electron chi connectivity index (χ1n) is 12.8. The van der Waals surface area contributed by atoms with E-state index in [1.165, 1.54) is 17.4 Å². The molecule has 0 saturated carbocycles. The fraction of sp³-hybridized carbons (Fsp3) is 0.593. The number of hydrogen-bond donors (Lipinski definition) is 1. The molecular weight excluding hydrogens is 442 g/mol. The Balaban J connectivity index is 1.14. The van der Waals surface area contributed by atoms with Gasteiger partial charge in [0.05, 0.1) is 24.0 Å². The molecule has 0 unspecified atom stereocenters. The predicted molar refractivity (Wildman–Crippen MR) is 136 cm³/mol. The number of piperidine rings is 1. The van der Waals surface area contributed by atoms with Crippen molar-refractivity contribution in [2.45, 2.75) is 62.6 Å². The van der Waals surface area contributed by atoms with E-state index in [0.29, 0.717) is 32.4 Å². The van der Waals surface area contributed by atoms with Gasteiger partial charge in [-0.15, -0.1) is 0 Å². The number of aromatic nitrogens is 2. The average molecular weight is 480 g/mol. The molecule has 4 heterocycles. The Labute approximate surface area is 207 Å². The van der Waals surface area contributed by atoms with Gasteiger partial charge in [-0.3, -0.25) is 19.1 Å². The minimum atomic E-state index is -1.01. The van der Waals surface area contributed by atoms with Crippen LogP contribution < -0.4 is 10.5 Å². The van der Waals surface area contributed by atoms with Gasteiger partial charge in [-0.05, 0) is 50.8 Å². The summed E-state index contributed by atoms with van der Waals surface area (Å²) in [6.07, 6.45) is 5.36. The van der Waals surface area contributed by atoms with Gasteiger partial charge in [0.25, 0.3) is 5.56 Å². The zero-order valence-corrected chi connectivity index (χ0v) is 20.9. The number of nitrogens with zero attached hydrogens (tertiary/aromatic N) is 5. The molecule has 8 nitrogen and oxygen atoms in total. The number of rotatable bonds is 6. The lowest BCUT2D eigenvalue weighted by molar-refractivity contribution is -0.136. The molecule has 188 valence electrons. The van der Waals surface area contributed by atoms with Gasteiger partial charge in [0.15, 0.2) is 0 Å². The summed E-state index contributed by atoms with van der Waals surface area (Å²) in [4.78, 5) is 36.6. The van der Waals surface area contributed by atoms with Crippen LogP contribution in [0.2, 0.25) is 0 Å². The summed E-state index contributed by atoms with van der Waals surface area (Å²) in [5.74, 6) is 0.993. The molecule has 5 rings (SSSR count). The van der Waals surface area contributed by atoms with E-state index in [-0.39, 0.29) is 29.5 Å². The summed E-state index contributed by atoms with van der Waals surface area (Å²) in [5, 5.41) is 11.2. The maximum absolute atomic E-state index is 12.8. The first-order chi connectivity index (χ1) is 16.8. The number of likely N-dealkylation sites (N-methyl/N-ethyl adjacent to an activating group) is 1. The third-order valence-electron chi connectivity index (χ3n) is 8.47. The van der Waals surface area contributed by atoms with Crippen LogP contribution in [-0.4, -0.2) is 81.3 Å². The maximum atomic E-state index is 12.8. The van der Waals surface area contributed by atoms with Crippen molar-refractivity contribution in [3.05, 3.63) is 58.6 Å². The molecule has 0 bridgehead atoms. The second-order valence-corrected chi connectivity index (χ2v) is 10.9. The molecular formula is C27H37N5O3. The molecule has 1 aromatic carbocycles. The number of carbonyl (C=O) groups excluding carboxylic acids is 1. The van der Waals surface area contributed by atoms with Gasteiger partial charge in [-0.2, -0.15) is 0 Å². The van der Waals surface area contributed by atoms with E-state index in [4.69, 9.17) is 0 Å². The van der Waals surface area contributed by atoms with Crippen LogP contribution in [-0.2, 0) is 11.3 Å². The van der Waals surface area contributed by atoms with Crippen molar-refractivity contribution in [2.24, 2.45) is 0 Å².